The van der Waals surface area contributed by atoms with E-state index in [1.807, 2.05) is 17.5 Å². The van der Waals surface area contributed by atoms with Gasteiger partial charge < -0.3 is 24.8 Å². The van der Waals surface area contributed by atoms with E-state index < -0.39 is 12.6 Å². The van der Waals surface area contributed by atoms with Gasteiger partial charge in [-0.3, -0.25) is 9.59 Å². The number of hydrogen-bond acceptors (Lipinski definition) is 7. The molecule has 2 aromatic rings. The highest BCUT2D eigenvalue weighted by Crippen LogP contribution is 2.34. The van der Waals surface area contributed by atoms with Crippen LogP contribution >= 0.6 is 11.3 Å². The molecular weight excluding hydrogens is 444 g/mol. The Morgan fingerprint density at radius 3 is 2.45 bits per heavy atom. The van der Waals surface area contributed by atoms with Crippen LogP contribution in [-0.4, -0.2) is 44.7 Å². The molecule has 2 unspecified atom stereocenters. The highest BCUT2D eigenvalue weighted by Gasteiger charge is 2.24. The second-order valence-electron chi connectivity index (χ2n) is 8.07. The number of carbonyl (C=O) groups is 3. The van der Waals surface area contributed by atoms with Gasteiger partial charge >= 0.3 is 5.97 Å². The Hall–Kier alpha value is -3.07. The number of benzene rings is 1. The van der Waals surface area contributed by atoms with E-state index in [9.17, 15) is 14.4 Å². The van der Waals surface area contributed by atoms with Gasteiger partial charge in [-0.15, -0.1) is 11.3 Å². The summed E-state index contributed by atoms with van der Waals surface area (Å²) in [6.07, 6.45) is 4.42. The molecule has 0 saturated heterocycles. The van der Waals surface area contributed by atoms with Gasteiger partial charge in [-0.05, 0) is 30.2 Å². The molecule has 1 aliphatic rings. The maximum atomic E-state index is 12.8. The van der Waals surface area contributed by atoms with Crippen LogP contribution in [0.4, 0.5) is 5.69 Å². The number of thiophene rings is 1. The largest absolute Gasteiger partial charge is 0.493 e. The van der Waals surface area contributed by atoms with Crippen LogP contribution in [0.25, 0.3) is 0 Å². The average molecular weight is 475 g/mol. The van der Waals surface area contributed by atoms with E-state index in [0.717, 1.165) is 24.1 Å². The third-order valence-electron chi connectivity index (χ3n) is 5.72. The molecule has 8 nitrogen and oxygen atoms in total. The molecule has 9 heteroatoms. The van der Waals surface area contributed by atoms with Crippen LogP contribution in [-0.2, 0) is 20.7 Å². The standard InChI is InChI=1S/C24H30N2O6S/c1-15-7-4-5-9-18(15)25-23(28)14-32-24(29)17-12-20(30-2)21(31-3)13-19(17)26-22(27)11-16-8-6-10-33-16/h6,8,10,12-13,15,18H,4-5,7,9,11,14H2,1-3H3,(H,25,28)(H,26,27). The van der Waals surface area contributed by atoms with Gasteiger partial charge in [0.15, 0.2) is 18.1 Å². The number of ether oxygens (including phenoxy) is 3. The number of rotatable bonds is 9. The second-order valence-corrected chi connectivity index (χ2v) is 9.10. The van der Waals surface area contributed by atoms with Gasteiger partial charge in [0.1, 0.15) is 0 Å². The molecule has 0 radical (unpaired) electrons. The Labute approximate surface area is 197 Å². The lowest BCUT2D eigenvalue weighted by Crippen LogP contribution is -2.42. The number of nitrogens with one attached hydrogen (secondary N) is 2. The van der Waals surface area contributed by atoms with Gasteiger partial charge in [0.25, 0.3) is 5.91 Å². The number of hydrogen-bond donors (Lipinski definition) is 2. The Morgan fingerprint density at radius 2 is 1.79 bits per heavy atom. The highest BCUT2D eigenvalue weighted by molar-refractivity contribution is 7.10. The first-order chi connectivity index (χ1) is 15.9. The predicted octanol–water partition coefficient (Wildman–Crippen LogP) is 3.80. The molecule has 0 bridgehead atoms. The molecular formula is C24H30N2O6S. The summed E-state index contributed by atoms with van der Waals surface area (Å²) in [6, 6.07) is 6.76. The summed E-state index contributed by atoms with van der Waals surface area (Å²) in [5.41, 5.74) is 0.298. The van der Waals surface area contributed by atoms with E-state index in [4.69, 9.17) is 14.2 Å². The first-order valence-corrected chi connectivity index (χ1v) is 11.8. The van der Waals surface area contributed by atoms with Gasteiger partial charge in [0.05, 0.1) is 31.9 Å². The minimum absolute atomic E-state index is 0.0750. The maximum absolute atomic E-state index is 12.8. The fourth-order valence-electron chi connectivity index (χ4n) is 3.91. The van der Waals surface area contributed by atoms with E-state index in [1.165, 1.54) is 44.1 Å². The minimum atomic E-state index is -0.741. The Kier molecular flexibility index (Phi) is 8.71. The van der Waals surface area contributed by atoms with Crippen molar-refractivity contribution in [3.63, 3.8) is 0 Å². The van der Waals surface area contributed by atoms with Crippen molar-refractivity contribution in [2.24, 2.45) is 5.92 Å². The van der Waals surface area contributed by atoms with Crippen LogP contribution < -0.4 is 20.1 Å². The van der Waals surface area contributed by atoms with Crippen LogP contribution in [0.5, 0.6) is 11.5 Å². The van der Waals surface area contributed by atoms with Gasteiger partial charge in [-0.25, -0.2) is 4.79 Å². The second kappa shape index (κ2) is 11.7. The SMILES string of the molecule is COc1cc(NC(=O)Cc2cccs2)c(C(=O)OCC(=O)NC2CCCCC2C)cc1OC. The molecule has 3 rings (SSSR count). The number of anilines is 1. The topological polar surface area (TPSA) is 103 Å². The summed E-state index contributed by atoms with van der Waals surface area (Å²) in [4.78, 5) is 38.6. The Bertz CT molecular complexity index is 976. The van der Waals surface area contributed by atoms with Crippen molar-refractivity contribution in [1.82, 2.24) is 5.32 Å². The van der Waals surface area contributed by atoms with Crippen molar-refractivity contribution in [1.29, 1.82) is 0 Å². The van der Waals surface area contributed by atoms with E-state index in [-0.39, 0.29) is 35.5 Å². The van der Waals surface area contributed by atoms with Crippen molar-refractivity contribution >= 4 is 34.8 Å². The van der Waals surface area contributed by atoms with Gasteiger partial charge in [-0.2, -0.15) is 0 Å². The van der Waals surface area contributed by atoms with Crippen LogP contribution in [0.1, 0.15) is 47.8 Å². The van der Waals surface area contributed by atoms with Crippen molar-refractivity contribution in [2.45, 2.75) is 45.1 Å². The van der Waals surface area contributed by atoms with Crippen LogP contribution in [0.15, 0.2) is 29.6 Å². The zero-order chi connectivity index (χ0) is 23.8. The molecule has 1 fully saturated rings. The molecule has 1 aromatic carbocycles. The van der Waals surface area contributed by atoms with Crippen molar-refractivity contribution in [3.8, 4) is 11.5 Å². The van der Waals surface area contributed by atoms with Gasteiger partial charge in [0, 0.05) is 23.1 Å². The molecule has 0 aliphatic heterocycles. The molecule has 178 valence electrons. The number of methoxy groups -OCH3 is 2. The quantitative estimate of drug-likeness (QED) is 0.536. The predicted molar refractivity (Wildman–Crippen MR) is 126 cm³/mol. The maximum Gasteiger partial charge on any atom is 0.340 e. The summed E-state index contributed by atoms with van der Waals surface area (Å²) >= 11 is 1.47. The van der Waals surface area contributed by atoms with E-state index in [2.05, 4.69) is 17.6 Å². The molecule has 1 saturated carbocycles. The van der Waals surface area contributed by atoms with E-state index in [0.29, 0.717) is 17.4 Å². The molecule has 2 amide bonds. The Balaban J connectivity index is 1.70. The molecule has 2 N–H and O–H groups in total. The number of esters is 1. The zero-order valence-electron chi connectivity index (χ0n) is 19.1. The molecule has 1 heterocycles. The van der Waals surface area contributed by atoms with E-state index >= 15 is 0 Å². The summed E-state index contributed by atoms with van der Waals surface area (Å²) in [5, 5.41) is 7.59. The first kappa shape index (κ1) is 24.6. The first-order valence-electron chi connectivity index (χ1n) is 11.0. The fourth-order valence-corrected chi connectivity index (χ4v) is 4.61. The van der Waals surface area contributed by atoms with E-state index in [1.54, 1.807) is 0 Å². The molecule has 2 atom stereocenters. The van der Waals surface area contributed by atoms with Crippen molar-refractivity contribution in [3.05, 3.63) is 40.1 Å². The molecule has 1 aromatic heterocycles. The van der Waals surface area contributed by atoms with Crippen molar-refractivity contribution < 1.29 is 28.6 Å². The third kappa shape index (κ3) is 6.71. The smallest absolute Gasteiger partial charge is 0.340 e. The van der Waals surface area contributed by atoms with Gasteiger partial charge in [0.2, 0.25) is 5.91 Å². The lowest BCUT2D eigenvalue weighted by Gasteiger charge is -2.29. The highest BCUT2D eigenvalue weighted by atomic mass is 32.1. The molecule has 33 heavy (non-hydrogen) atoms. The monoisotopic (exact) mass is 474 g/mol. The number of carbonyl (C=O) groups excluding carboxylic acids is 3. The average Bonchev–Trinajstić information content (AvgIpc) is 3.31. The summed E-state index contributed by atoms with van der Waals surface area (Å²) in [7, 11) is 2.91. The lowest BCUT2D eigenvalue weighted by molar-refractivity contribution is -0.125. The van der Waals surface area contributed by atoms with Crippen LogP contribution in [0.2, 0.25) is 0 Å². The van der Waals surface area contributed by atoms with Crippen LogP contribution in [0, 0.1) is 5.92 Å². The molecule has 1 aliphatic carbocycles. The van der Waals surface area contributed by atoms with Gasteiger partial charge in [-0.1, -0.05) is 25.8 Å². The van der Waals surface area contributed by atoms with Crippen molar-refractivity contribution in [2.75, 3.05) is 26.1 Å². The third-order valence-corrected chi connectivity index (χ3v) is 6.60. The van der Waals surface area contributed by atoms with Crippen LogP contribution in [0.3, 0.4) is 0 Å². The minimum Gasteiger partial charge on any atom is -0.493 e. The summed E-state index contributed by atoms with van der Waals surface area (Å²) in [6.45, 7) is 1.71. The normalized spacial score (nSPS) is 17.7. The Morgan fingerprint density at radius 1 is 1.06 bits per heavy atom. The summed E-state index contributed by atoms with van der Waals surface area (Å²) < 4.78 is 15.9. The lowest BCUT2D eigenvalue weighted by atomic mass is 9.86. The summed E-state index contributed by atoms with van der Waals surface area (Å²) in [5.74, 6) is -0.317. The zero-order valence-corrected chi connectivity index (χ0v) is 20.0. The fraction of sp³-hybridized carbons (Fsp3) is 0.458. The molecule has 0 spiro atoms. The number of amides is 2.